The highest BCUT2D eigenvalue weighted by atomic mass is 32.2. The number of para-hydroxylation sites is 1. The van der Waals surface area contributed by atoms with Crippen LogP contribution in [-0.2, 0) is 4.79 Å². The Labute approximate surface area is 161 Å². The van der Waals surface area contributed by atoms with Gasteiger partial charge in [-0.25, -0.2) is 4.39 Å². The average Bonchev–Trinajstić information content (AvgIpc) is 3.36. The van der Waals surface area contributed by atoms with Gasteiger partial charge in [-0.15, -0.1) is 10.2 Å². The van der Waals surface area contributed by atoms with Gasteiger partial charge in [-0.1, -0.05) is 42.1 Å². The van der Waals surface area contributed by atoms with E-state index in [2.05, 4.69) is 15.5 Å². The van der Waals surface area contributed by atoms with Gasteiger partial charge in [0.15, 0.2) is 5.16 Å². The van der Waals surface area contributed by atoms with Gasteiger partial charge in [0.1, 0.15) is 17.4 Å². The zero-order chi connectivity index (χ0) is 18.8. The quantitative estimate of drug-likeness (QED) is 0.659. The molecular formula is C20H19FN4OS. The number of aromatic nitrogens is 3. The second kappa shape index (κ2) is 7.52. The number of nitrogens with one attached hydrogen (secondary N) is 1. The van der Waals surface area contributed by atoms with Crippen molar-refractivity contribution in [3.63, 3.8) is 0 Å². The summed E-state index contributed by atoms with van der Waals surface area (Å²) in [5.74, 6) is -0.415. The van der Waals surface area contributed by atoms with Crippen molar-refractivity contribution in [2.24, 2.45) is 0 Å². The Morgan fingerprint density at radius 2 is 1.96 bits per heavy atom. The number of amides is 1. The first-order valence-corrected chi connectivity index (χ1v) is 9.68. The van der Waals surface area contributed by atoms with Gasteiger partial charge in [-0.2, -0.15) is 0 Å². The van der Waals surface area contributed by atoms with E-state index in [-0.39, 0.29) is 17.8 Å². The number of benzene rings is 2. The molecule has 1 heterocycles. The van der Waals surface area contributed by atoms with Gasteiger partial charge in [0, 0.05) is 6.04 Å². The van der Waals surface area contributed by atoms with E-state index in [0.29, 0.717) is 5.16 Å². The molecule has 1 aliphatic carbocycles. The number of hydrogen-bond donors (Lipinski definition) is 1. The summed E-state index contributed by atoms with van der Waals surface area (Å²) in [7, 11) is 0. The summed E-state index contributed by atoms with van der Waals surface area (Å²) in [5.41, 5.74) is 2.78. The first kappa shape index (κ1) is 17.7. The fraction of sp³-hybridized carbons (Fsp3) is 0.250. The molecule has 0 radical (unpaired) electrons. The van der Waals surface area contributed by atoms with Gasteiger partial charge in [0.2, 0.25) is 5.91 Å². The van der Waals surface area contributed by atoms with Crippen LogP contribution in [0.2, 0.25) is 0 Å². The maximum absolute atomic E-state index is 13.3. The number of thioether (sulfide) groups is 1. The monoisotopic (exact) mass is 382 g/mol. The van der Waals surface area contributed by atoms with Crippen LogP contribution in [0.25, 0.3) is 5.69 Å². The molecular weight excluding hydrogens is 363 g/mol. The summed E-state index contributed by atoms with van der Waals surface area (Å²) in [6, 6.07) is 14.2. The number of hydrogen-bond acceptors (Lipinski definition) is 4. The summed E-state index contributed by atoms with van der Waals surface area (Å²) in [4.78, 5) is 12.8. The lowest BCUT2D eigenvalue weighted by atomic mass is 10.1. The molecule has 1 atom stereocenters. The van der Waals surface area contributed by atoms with Gasteiger partial charge in [0.05, 0.1) is 5.69 Å². The molecule has 138 valence electrons. The van der Waals surface area contributed by atoms with E-state index >= 15 is 0 Å². The Bertz CT molecular complexity index is 953. The minimum Gasteiger partial charge on any atom is -0.352 e. The number of halogens is 1. The Morgan fingerprint density at radius 3 is 2.67 bits per heavy atom. The topological polar surface area (TPSA) is 59.8 Å². The summed E-state index contributed by atoms with van der Waals surface area (Å²) >= 11 is 1.32. The van der Waals surface area contributed by atoms with Crippen molar-refractivity contribution in [2.75, 3.05) is 0 Å². The van der Waals surface area contributed by atoms with E-state index in [4.69, 9.17) is 0 Å². The molecule has 0 saturated heterocycles. The molecule has 0 bridgehead atoms. The van der Waals surface area contributed by atoms with E-state index in [9.17, 15) is 9.18 Å². The summed E-state index contributed by atoms with van der Waals surface area (Å²) < 4.78 is 15.2. The third-order valence-corrected chi connectivity index (χ3v) is 5.66. The predicted molar refractivity (Wildman–Crippen MR) is 102 cm³/mol. The molecule has 1 aliphatic rings. The van der Waals surface area contributed by atoms with Crippen molar-refractivity contribution in [1.29, 1.82) is 0 Å². The Morgan fingerprint density at radius 1 is 1.22 bits per heavy atom. The first-order valence-electron chi connectivity index (χ1n) is 8.80. The van der Waals surface area contributed by atoms with Crippen LogP contribution in [0, 0.1) is 12.7 Å². The predicted octanol–water partition coefficient (Wildman–Crippen LogP) is 3.83. The molecule has 1 aromatic heterocycles. The van der Waals surface area contributed by atoms with Crippen LogP contribution in [0.4, 0.5) is 4.39 Å². The number of rotatable bonds is 6. The second-order valence-corrected chi connectivity index (χ2v) is 7.67. The molecule has 1 saturated carbocycles. The second-order valence-electron chi connectivity index (χ2n) is 6.60. The Balaban J connectivity index is 1.66. The summed E-state index contributed by atoms with van der Waals surface area (Å²) in [6.07, 6.45) is 3.66. The summed E-state index contributed by atoms with van der Waals surface area (Å²) in [5, 5.41) is 11.4. The van der Waals surface area contributed by atoms with Crippen molar-refractivity contribution >= 4 is 17.7 Å². The van der Waals surface area contributed by atoms with E-state index in [0.717, 1.165) is 29.7 Å². The summed E-state index contributed by atoms with van der Waals surface area (Å²) in [6.45, 7) is 2.01. The van der Waals surface area contributed by atoms with Crippen molar-refractivity contribution in [1.82, 2.24) is 20.1 Å². The van der Waals surface area contributed by atoms with Crippen LogP contribution in [0.15, 0.2) is 60.0 Å². The molecule has 7 heteroatoms. The molecule has 27 heavy (non-hydrogen) atoms. The standard InChI is InChI=1S/C20H19FN4OS/c1-13-4-2-3-5-17(13)25-12-22-24-20(25)27-18(19(26)23-16-10-11-16)14-6-8-15(21)9-7-14/h2-9,12,16,18H,10-11H2,1H3,(H,23,26)/t18-/m1/s1. The van der Waals surface area contributed by atoms with E-state index in [1.807, 2.05) is 35.8 Å². The molecule has 3 aromatic rings. The molecule has 5 nitrogen and oxygen atoms in total. The zero-order valence-corrected chi connectivity index (χ0v) is 15.6. The normalized spacial score (nSPS) is 14.7. The third-order valence-electron chi connectivity index (χ3n) is 4.45. The average molecular weight is 382 g/mol. The fourth-order valence-electron chi connectivity index (χ4n) is 2.82. The van der Waals surface area contributed by atoms with Gasteiger partial charge in [-0.3, -0.25) is 9.36 Å². The van der Waals surface area contributed by atoms with Crippen LogP contribution in [-0.4, -0.2) is 26.7 Å². The van der Waals surface area contributed by atoms with E-state index in [1.165, 1.54) is 23.9 Å². The van der Waals surface area contributed by atoms with Crippen molar-refractivity contribution in [3.05, 3.63) is 71.8 Å². The highest BCUT2D eigenvalue weighted by Gasteiger charge is 2.30. The van der Waals surface area contributed by atoms with Gasteiger partial charge in [0.25, 0.3) is 0 Å². The van der Waals surface area contributed by atoms with Gasteiger partial charge < -0.3 is 5.32 Å². The highest BCUT2D eigenvalue weighted by Crippen LogP contribution is 2.36. The lowest BCUT2D eigenvalue weighted by Crippen LogP contribution is -2.30. The van der Waals surface area contributed by atoms with E-state index in [1.54, 1.807) is 18.5 Å². The van der Waals surface area contributed by atoms with Crippen LogP contribution in [0.1, 0.15) is 29.2 Å². The minimum absolute atomic E-state index is 0.0894. The molecule has 0 spiro atoms. The minimum atomic E-state index is -0.529. The van der Waals surface area contributed by atoms with Crippen LogP contribution in [0.3, 0.4) is 0 Å². The number of aryl methyl sites for hydroxylation is 1. The van der Waals surface area contributed by atoms with Crippen molar-refractivity contribution < 1.29 is 9.18 Å². The number of carbonyl (C=O) groups excluding carboxylic acids is 1. The van der Waals surface area contributed by atoms with E-state index < -0.39 is 5.25 Å². The van der Waals surface area contributed by atoms with Crippen molar-refractivity contribution in [2.45, 2.75) is 36.2 Å². The maximum atomic E-state index is 13.3. The molecule has 2 aromatic carbocycles. The van der Waals surface area contributed by atoms with Crippen LogP contribution < -0.4 is 5.32 Å². The maximum Gasteiger partial charge on any atom is 0.238 e. The molecule has 0 unspecified atom stereocenters. The molecule has 4 rings (SSSR count). The first-order chi connectivity index (χ1) is 13.1. The van der Waals surface area contributed by atoms with Gasteiger partial charge >= 0.3 is 0 Å². The van der Waals surface area contributed by atoms with Crippen LogP contribution in [0.5, 0.6) is 0 Å². The molecule has 1 fully saturated rings. The third kappa shape index (κ3) is 4.03. The highest BCUT2D eigenvalue weighted by molar-refractivity contribution is 8.00. The lowest BCUT2D eigenvalue weighted by molar-refractivity contribution is -0.120. The SMILES string of the molecule is Cc1ccccc1-n1cnnc1S[C@@H](C(=O)NC1CC1)c1ccc(F)cc1. The smallest absolute Gasteiger partial charge is 0.238 e. The van der Waals surface area contributed by atoms with Gasteiger partial charge in [-0.05, 0) is 49.1 Å². The lowest BCUT2D eigenvalue weighted by Gasteiger charge is -2.17. The molecule has 1 amide bonds. The molecule has 1 N–H and O–H groups in total. The Kier molecular flexibility index (Phi) is 4.94. The zero-order valence-electron chi connectivity index (χ0n) is 14.8. The molecule has 0 aliphatic heterocycles. The number of nitrogens with zero attached hydrogens (tertiary/aromatic N) is 3. The van der Waals surface area contributed by atoms with Crippen molar-refractivity contribution in [3.8, 4) is 5.69 Å². The largest absolute Gasteiger partial charge is 0.352 e. The van der Waals surface area contributed by atoms with Crippen LogP contribution >= 0.6 is 11.8 Å². The Hall–Kier alpha value is -2.67. The fourth-order valence-corrected chi connectivity index (χ4v) is 3.86. The number of carbonyl (C=O) groups is 1.